The molecule has 1 aromatic rings. The lowest BCUT2D eigenvalue weighted by Gasteiger charge is -2.10. The van der Waals surface area contributed by atoms with Crippen molar-refractivity contribution in [2.45, 2.75) is 5.25 Å². The van der Waals surface area contributed by atoms with Gasteiger partial charge in [0.15, 0.2) is 0 Å². The summed E-state index contributed by atoms with van der Waals surface area (Å²) in [5.41, 5.74) is 3.90. The molecule has 0 fully saturated rings. The minimum Gasteiger partial charge on any atom is -0.293 e. The molecule has 78 valence electrons. The van der Waals surface area contributed by atoms with Crippen LogP contribution in [0.4, 0.5) is 0 Å². The number of carbonyl (C=O) groups is 1. The highest BCUT2D eigenvalue weighted by Gasteiger charge is 2.29. The predicted molar refractivity (Wildman–Crippen MR) is 63.5 cm³/mol. The van der Waals surface area contributed by atoms with Gasteiger partial charge in [-0.25, -0.2) is 5.84 Å². The van der Waals surface area contributed by atoms with Gasteiger partial charge in [0.05, 0.1) is 5.69 Å². The lowest BCUT2D eigenvalue weighted by atomic mass is 10.1. The first-order valence-electron chi connectivity index (χ1n) is 4.27. The third kappa shape index (κ3) is 2.17. The number of nitrogens with one attached hydrogen (secondary N) is 1. The highest BCUT2D eigenvalue weighted by atomic mass is 33.1. The second kappa shape index (κ2) is 4.69. The Hall–Kier alpha value is -0.980. The van der Waals surface area contributed by atoms with Crippen molar-refractivity contribution >= 4 is 33.1 Å². The van der Waals surface area contributed by atoms with Crippen molar-refractivity contribution in [3.05, 3.63) is 35.5 Å². The van der Waals surface area contributed by atoms with E-state index in [0.29, 0.717) is 0 Å². The molecule has 0 spiro atoms. The minimum atomic E-state index is -0.269. The maximum absolute atomic E-state index is 11.5. The van der Waals surface area contributed by atoms with E-state index in [9.17, 15) is 4.79 Å². The number of carbonyl (C=O) groups excluding carboxylic acids is 1. The number of hydrogen-bond donors (Lipinski definition) is 2. The molecule has 0 radical (unpaired) electrons. The van der Waals surface area contributed by atoms with Gasteiger partial charge in [-0.3, -0.25) is 15.2 Å². The van der Waals surface area contributed by atoms with Crippen molar-refractivity contribution in [3.8, 4) is 0 Å². The van der Waals surface area contributed by atoms with E-state index >= 15 is 0 Å². The molecule has 1 aliphatic rings. The van der Waals surface area contributed by atoms with Crippen LogP contribution in [-0.4, -0.2) is 16.1 Å². The Morgan fingerprint density at radius 1 is 1.53 bits per heavy atom. The zero-order valence-electron chi connectivity index (χ0n) is 7.71. The van der Waals surface area contributed by atoms with Gasteiger partial charge in [0, 0.05) is 11.8 Å². The average Bonchev–Trinajstić information content (AvgIpc) is 2.78. The molecule has 1 aromatic heterocycles. The molecule has 0 aliphatic carbocycles. The summed E-state index contributed by atoms with van der Waals surface area (Å²) < 4.78 is 0. The summed E-state index contributed by atoms with van der Waals surface area (Å²) in [6, 6.07) is 5.63. The Balaban J connectivity index is 2.26. The lowest BCUT2D eigenvalue weighted by Crippen LogP contribution is -2.37. The van der Waals surface area contributed by atoms with Crippen LogP contribution in [0, 0.1) is 0 Å². The van der Waals surface area contributed by atoms with Crippen molar-refractivity contribution in [1.82, 2.24) is 10.4 Å². The summed E-state index contributed by atoms with van der Waals surface area (Å²) in [6.07, 6.45) is 1.71. The predicted octanol–water partition coefficient (Wildman–Crippen LogP) is 1.18. The molecule has 0 saturated heterocycles. The normalized spacial score (nSPS) is 19.8. The molecule has 4 nitrogen and oxygen atoms in total. The van der Waals surface area contributed by atoms with E-state index < -0.39 is 0 Å². The van der Waals surface area contributed by atoms with Crippen LogP contribution in [0.3, 0.4) is 0 Å². The van der Waals surface area contributed by atoms with Crippen LogP contribution in [-0.2, 0) is 4.79 Å². The standard InChI is InChI=1S/C9H9N3OS2/c10-12-9(13)8-6(5-14-15-8)7-3-1-2-4-11-7/h1-5,8H,10H2,(H,12,13). The molecular weight excluding hydrogens is 230 g/mol. The van der Waals surface area contributed by atoms with E-state index in [1.165, 1.54) is 21.6 Å². The van der Waals surface area contributed by atoms with Crippen LogP contribution in [0.5, 0.6) is 0 Å². The van der Waals surface area contributed by atoms with E-state index in [1.807, 2.05) is 23.6 Å². The Bertz CT molecular complexity index is 394. The molecule has 1 aliphatic heterocycles. The van der Waals surface area contributed by atoms with Gasteiger partial charge in [0.25, 0.3) is 5.91 Å². The zero-order valence-corrected chi connectivity index (χ0v) is 9.35. The summed E-state index contributed by atoms with van der Waals surface area (Å²) in [4.78, 5) is 15.7. The van der Waals surface area contributed by atoms with Crippen molar-refractivity contribution in [2.75, 3.05) is 0 Å². The molecule has 2 rings (SSSR count). The SMILES string of the molecule is NNC(=O)C1SSC=C1c1ccccn1. The van der Waals surface area contributed by atoms with Gasteiger partial charge in [-0.1, -0.05) is 27.7 Å². The van der Waals surface area contributed by atoms with Crippen LogP contribution >= 0.6 is 21.6 Å². The van der Waals surface area contributed by atoms with Crippen molar-refractivity contribution in [3.63, 3.8) is 0 Å². The van der Waals surface area contributed by atoms with Gasteiger partial charge in [-0.05, 0) is 17.5 Å². The number of aromatic nitrogens is 1. The average molecular weight is 239 g/mol. The van der Waals surface area contributed by atoms with Gasteiger partial charge < -0.3 is 0 Å². The first kappa shape index (κ1) is 10.5. The smallest absolute Gasteiger partial charge is 0.252 e. The lowest BCUT2D eigenvalue weighted by molar-refractivity contribution is -0.119. The van der Waals surface area contributed by atoms with Gasteiger partial charge in [-0.2, -0.15) is 0 Å². The Kier molecular flexibility index (Phi) is 3.30. The molecule has 1 atom stereocenters. The fraction of sp³-hybridized carbons (Fsp3) is 0.111. The first-order valence-corrected chi connectivity index (χ1v) is 6.54. The zero-order chi connectivity index (χ0) is 10.7. The van der Waals surface area contributed by atoms with E-state index in [-0.39, 0.29) is 11.2 Å². The van der Waals surface area contributed by atoms with Gasteiger partial charge in [-0.15, -0.1) is 0 Å². The third-order valence-electron chi connectivity index (χ3n) is 1.95. The van der Waals surface area contributed by atoms with Crippen LogP contribution in [0.2, 0.25) is 0 Å². The molecule has 15 heavy (non-hydrogen) atoms. The summed E-state index contributed by atoms with van der Waals surface area (Å²) in [6.45, 7) is 0. The second-order valence-electron chi connectivity index (χ2n) is 2.87. The molecule has 2 heterocycles. The van der Waals surface area contributed by atoms with Crippen LogP contribution in [0.25, 0.3) is 5.57 Å². The van der Waals surface area contributed by atoms with Crippen molar-refractivity contribution in [2.24, 2.45) is 5.84 Å². The number of nitrogens with two attached hydrogens (primary N) is 1. The maximum Gasteiger partial charge on any atom is 0.252 e. The fourth-order valence-corrected chi connectivity index (χ4v) is 3.68. The number of hydrogen-bond acceptors (Lipinski definition) is 5. The minimum absolute atomic E-state index is 0.193. The molecule has 0 aromatic carbocycles. The van der Waals surface area contributed by atoms with E-state index in [0.717, 1.165) is 11.3 Å². The monoisotopic (exact) mass is 239 g/mol. The molecule has 0 bridgehead atoms. The molecule has 0 saturated carbocycles. The summed E-state index contributed by atoms with van der Waals surface area (Å²) in [5.74, 6) is 4.93. The quantitative estimate of drug-likeness (QED) is 0.351. The third-order valence-corrected chi connectivity index (χ3v) is 4.27. The summed E-state index contributed by atoms with van der Waals surface area (Å²) >= 11 is 0. The maximum atomic E-state index is 11.5. The fourth-order valence-electron chi connectivity index (χ4n) is 1.24. The number of hydrazine groups is 1. The van der Waals surface area contributed by atoms with Crippen LogP contribution < -0.4 is 11.3 Å². The summed E-state index contributed by atoms with van der Waals surface area (Å²) in [7, 11) is 3.00. The molecule has 1 amide bonds. The number of amides is 1. The highest BCUT2D eigenvalue weighted by Crippen LogP contribution is 2.44. The number of nitrogens with zero attached hydrogens (tertiary/aromatic N) is 1. The largest absolute Gasteiger partial charge is 0.293 e. The van der Waals surface area contributed by atoms with Crippen LogP contribution in [0.1, 0.15) is 5.69 Å². The van der Waals surface area contributed by atoms with E-state index in [2.05, 4.69) is 10.4 Å². The summed E-state index contributed by atoms with van der Waals surface area (Å²) in [5, 5.41) is 1.67. The topological polar surface area (TPSA) is 68.0 Å². The Morgan fingerprint density at radius 3 is 3.07 bits per heavy atom. The molecule has 3 N–H and O–H groups in total. The number of pyridine rings is 1. The van der Waals surface area contributed by atoms with Crippen molar-refractivity contribution < 1.29 is 4.79 Å². The number of rotatable bonds is 2. The Morgan fingerprint density at radius 2 is 2.40 bits per heavy atom. The van der Waals surface area contributed by atoms with E-state index in [4.69, 9.17) is 5.84 Å². The molecular formula is C9H9N3OS2. The van der Waals surface area contributed by atoms with Crippen LogP contribution in [0.15, 0.2) is 29.8 Å². The van der Waals surface area contributed by atoms with Gasteiger partial charge >= 0.3 is 0 Å². The highest BCUT2D eigenvalue weighted by molar-refractivity contribution is 8.79. The first-order chi connectivity index (χ1) is 7.33. The Labute approximate surface area is 95.1 Å². The van der Waals surface area contributed by atoms with Gasteiger partial charge in [0.2, 0.25) is 0 Å². The molecule has 6 heteroatoms. The molecule has 1 unspecified atom stereocenters. The van der Waals surface area contributed by atoms with E-state index in [1.54, 1.807) is 6.20 Å². The second-order valence-corrected chi connectivity index (χ2v) is 5.12. The van der Waals surface area contributed by atoms with Gasteiger partial charge in [0.1, 0.15) is 5.25 Å². The van der Waals surface area contributed by atoms with Crippen molar-refractivity contribution in [1.29, 1.82) is 0 Å².